The number of nitrogens with zero attached hydrogens (tertiary/aromatic N) is 5. The Morgan fingerprint density at radius 2 is 2.03 bits per heavy atom. The van der Waals surface area contributed by atoms with Crippen molar-refractivity contribution in [2.24, 2.45) is 0 Å². The van der Waals surface area contributed by atoms with Crippen LogP contribution in [0.2, 0.25) is 0 Å². The summed E-state index contributed by atoms with van der Waals surface area (Å²) in [6, 6.07) is 7.69. The Hall–Kier alpha value is -3.94. The van der Waals surface area contributed by atoms with Gasteiger partial charge in [-0.1, -0.05) is 13.0 Å². The molecular formula is C22H24FN5O5. The number of hydrogen-bond donors (Lipinski definition) is 1. The van der Waals surface area contributed by atoms with Gasteiger partial charge < -0.3 is 19.6 Å². The molecule has 174 valence electrons. The Kier molecular flexibility index (Phi) is 7.27. The van der Waals surface area contributed by atoms with Gasteiger partial charge in [0.15, 0.2) is 0 Å². The van der Waals surface area contributed by atoms with Crippen LogP contribution in [0.25, 0.3) is 0 Å². The highest BCUT2D eigenvalue weighted by atomic mass is 19.1. The molecule has 1 N–H and O–H groups in total. The molecule has 2 aliphatic heterocycles. The number of carbonyl (C=O) groups is 2. The third-order valence-corrected chi connectivity index (χ3v) is 5.33. The minimum Gasteiger partial charge on any atom is -0.481 e. The van der Waals surface area contributed by atoms with Crippen molar-refractivity contribution in [1.29, 1.82) is 5.26 Å². The van der Waals surface area contributed by atoms with E-state index in [1.165, 1.54) is 18.2 Å². The van der Waals surface area contributed by atoms with Crippen LogP contribution in [-0.4, -0.2) is 57.1 Å². The van der Waals surface area contributed by atoms with Crippen LogP contribution >= 0.6 is 0 Å². The number of carboxylic acid groups (broad SMARTS) is 1. The molecule has 10 nitrogen and oxygen atoms in total. The number of hydrogen-bond acceptors (Lipinski definition) is 7. The van der Waals surface area contributed by atoms with Gasteiger partial charge in [-0.05, 0) is 17.7 Å². The Labute approximate surface area is 189 Å². The molecule has 0 radical (unpaired) electrons. The van der Waals surface area contributed by atoms with Crippen LogP contribution in [0.5, 0.6) is 5.88 Å². The maximum atomic E-state index is 13.4. The number of halogens is 1. The minimum atomic E-state index is -0.833. The molecule has 0 spiro atoms. The Bertz CT molecular complexity index is 1150. The molecule has 11 heteroatoms. The van der Waals surface area contributed by atoms with Crippen molar-refractivity contribution in [2.75, 3.05) is 24.5 Å². The second kappa shape index (κ2) is 10.1. The molecule has 33 heavy (non-hydrogen) atoms. The van der Waals surface area contributed by atoms with Crippen LogP contribution in [0.1, 0.15) is 31.4 Å². The van der Waals surface area contributed by atoms with Crippen LogP contribution in [0, 0.1) is 17.1 Å². The fraction of sp³-hybridized carbons (Fsp3) is 0.409. The van der Waals surface area contributed by atoms with E-state index in [1.54, 1.807) is 16.7 Å². The highest BCUT2D eigenvalue weighted by molar-refractivity contribution is 5.76. The topological polar surface area (TPSA) is 129 Å². The van der Waals surface area contributed by atoms with Gasteiger partial charge in [0.05, 0.1) is 18.2 Å². The zero-order chi connectivity index (χ0) is 24.1. The van der Waals surface area contributed by atoms with E-state index in [0.717, 1.165) is 12.7 Å². The number of aliphatic carboxylic acids is 1. The summed E-state index contributed by atoms with van der Waals surface area (Å²) in [7, 11) is 0. The van der Waals surface area contributed by atoms with E-state index < -0.39 is 17.5 Å². The summed E-state index contributed by atoms with van der Waals surface area (Å²) in [6.45, 7) is 5.31. The molecular weight excluding hydrogens is 433 g/mol. The van der Waals surface area contributed by atoms with Gasteiger partial charge in [0.25, 0.3) is 5.97 Å². The number of piperazine rings is 1. The van der Waals surface area contributed by atoms with Crippen molar-refractivity contribution in [2.45, 2.75) is 39.5 Å². The van der Waals surface area contributed by atoms with Crippen molar-refractivity contribution in [3.63, 3.8) is 0 Å². The first-order valence-corrected chi connectivity index (χ1v) is 10.4. The number of aromatic nitrogens is 2. The standard InChI is InChI=1S/C20H20FN5O3.C2H4O2/c1-2-19(27)24-5-6-25-15(10-24)11-26-18(25)8-17(23-20(26)28)29-12-13-3-4-16(21)14(7-13)9-22;1-2(3)4/h3-4,7-8,15H,2,5-6,10-12H2,1H3;1H3,(H,3,4). The predicted octanol–water partition coefficient (Wildman–Crippen LogP) is 1.36. The number of amides is 1. The number of ether oxygens (including phenoxy) is 1. The third-order valence-electron chi connectivity index (χ3n) is 5.33. The van der Waals surface area contributed by atoms with Crippen LogP contribution in [0.3, 0.4) is 0 Å². The van der Waals surface area contributed by atoms with Crippen molar-refractivity contribution in [1.82, 2.24) is 14.5 Å². The summed E-state index contributed by atoms with van der Waals surface area (Å²) in [5.41, 5.74) is 0.141. The lowest BCUT2D eigenvalue weighted by molar-refractivity contribution is -0.134. The Balaban J connectivity index is 0.000000709. The number of fused-ring (bicyclic) bond motifs is 3. The summed E-state index contributed by atoms with van der Waals surface area (Å²) in [5, 5.41) is 16.3. The third kappa shape index (κ3) is 5.46. The number of nitriles is 1. The monoisotopic (exact) mass is 457 g/mol. The summed E-state index contributed by atoms with van der Waals surface area (Å²) in [4.78, 5) is 41.4. The van der Waals surface area contributed by atoms with E-state index in [4.69, 9.17) is 19.9 Å². The van der Waals surface area contributed by atoms with Crippen molar-refractivity contribution in [3.05, 3.63) is 51.7 Å². The molecule has 0 bridgehead atoms. The molecule has 1 atom stereocenters. The molecule has 0 saturated carbocycles. The fourth-order valence-electron chi connectivity index (χ4n) is 3.84. The lowest BCUT2D eigenvalue weighted by Gasteiger charge is -2.38. The highest BCUT2D eigenvalue weighted by Crippen LogP contribution is 2.29. The van der Waals surface area contributed by atoms with Gasteiger partial charge in [-0.15, -0.1) is 0 Å². The quantitative estimate of drug-likeness (QED) is 0.729. The van der Waals surface area contributed by atoms with E-state index in [-0.39, 0.29) is 30.0 Å². The van der Waals surface area contributed by atoms with Gasteiger partial charge in [0.2, 0.25) is 11.8 Å². The SMILES string of the molecule is CC(=O)O.CCC(=O)N1CCN2c3cc(OCc4ccc(F)c(C#N)c4)nc(=O)n3CC2C1. The maximum Gasteiger partial charge on any atom is 0.352 e. The minimum absolute atomic E-state index is 0.0410. The average molecular weight is 457 g/mol. The molecule has 1 amide bonds. The predicted molar refractivity (Wildman–Crippen MR) is 115 cm³/mol. The van der Waals surface area contributed by atoms with E-state index >= 15 is 0 Å². The fourth-order valence-corrected chi connectivity index (χ4v) is 3.84. The molecule has 1 saturated heterocycles. The van der Waals surface area contributed by atoms with Gasteiger partial charge in [0, 0.05) is 39.0 Å². The largest absolute Gasteiger partial charge is 0.481 e. The summed E-state index contributed by atoms with van der Waals surface area (Å²) in [5.74, 6) is -0.398. The normalized spacial score (nSPS) is 16.1. The molecule has 3 heterocycles. The highest BCUT2D eigenvalue weighted by Gasteiger charge is 2.36. The molecule has 0 aliphatic carbocycles. The first kappa shape index (κ1) is 23.7. The molecule has 2 aliphatic rings. The second-order valence-corrected chi connectivity index (χ2v) is 7.62. The molecule has 1 fully saturated rings. The smallest absolute Gasteiger partial charge is 0.352 e. The van der Waals surface area contributed by atoms with Gasteiger partial charge in [0.1, 0.15) is 24.3 Å². The van der Waals surface area contributed by atoms with Gasteiger partial charge in [-0.2, -0.15) is 10.2 Å². The molecule has 1 aromatic carbocycles. The van der Waals surface area contributed by atoms with Crippen LogP contribution in [0.4, 0.5) is 10.2 Å². The van der Waals surface area contributed by atoms with Crippen molar-refractivity contribution >= 4 is 17.7 Å². The zero-order valence-corrected chi connectivity index (χ0v) is 18.3. The van der Waals surface area contributed by atoms with E-state index in [1.807, 2.05) is 11.8 Å². The lowest BCUT2D eigenvalue weighted by atomic mass is 10.1. The molecule has 1 unspecified atom stereocenters. The maximum absolute atomic E-state index is 13.4. The summed E-state index contributed by atoms with van der Waals surface area (Å²) < 4.78 is 20.7. The second-order valence-electron chi connectivity index (χ2n) is 7.62. The van der Waals surface area contributed by atoms with Gasteiger partial charge in [-0.25, -0.2) is 9.18 Å². The molecule has 1 aromatic heterocycles. The first-order chi connectivity index (χ1) is 15.7. The van der Waals surface area contributed by atoms with Crippen LogP contribution in [0.15, 0.2) is 29.1 Å². The lowest BCUT2D eigenvalue weighted by Crippen LogP contribution is -2.53. The van der Waals surface area contributed by atoms with Crippen molar-refractivity contribution < 1.29 is 23.8 Å². The number of anilines is 1. The van der Waals surface area contributed by atoms with Crippen LogP contribution in [-0.2, 0) is 22.7 Å². The van der Waals surface area contributed by atoms with Crippen molar-refractivity contribution in [3.8, 4) is 11.9 Å². The Morgan fingerprint density at radius 3 is 2.70 bits per heavy atom. The molecule has 4 rings (SSSR count). The first-order valence-electron chi connectivity index (χ1n) is 10.4. The average Bonchev–Trinajstić information content (AvgIpc) is 3.16. The number of rotatable bonds is 4. The summed E-state index contributed by atoms with van der Waals surface area (Å²) >= 11 is 0. The number of carboxylic acids is 1. The number of benzene rings is 1. The van der Waals surface area contributed by atoms with E-state index in [0.29, 0.717) is 38.2 Å². The number of carbonyl (C=O) groups excluding carboxylic acids is 1. The summed E-state index contributed by atoms with van der Waals surface area (Å²) in [6.07, 6.45) is 0.468. The zero-order valence-electron chi connectivity index (χ0n) is 18.3. The van der Waals surface area contributed by atoms with Gasteiger partial charge >= 0.3 is 5.69 Å². The Morgan fingerprint density at radius 1 is 1.30 bits per heavy atom. The molecule has 2 aromatic rings. The van der Waals surface area contributed by atoms with E-state index in [2.05, 4.69) is 9.88 Å². The van der Waals surface area contributed by atoms with E-state index in [9.17, 15) is 14.0 Å². The van der Waals surface area contributed by atoms with Gasteiger partial charge in [-0.3, -0.25) is 14.2 Å². The van der Waals surface area contributed by atoms with Crippen LogP contribution < -0.4 is 15.3 Å².